The minimum absolute atomic E-state index is 0.165. The van der Waals surface area contributed by atoms with Crippen LogP contribution in [0.4, 0.5) is 5.69 Å². The van der Waals surface area contributed by atoms with Crippen LogP contribution in [0.3, 0.4) is 0 Å². The van der Waals surface area contributed by atoms with Crippen LogP contribution in [0, 0.1) is 5.92 Å². The Balaban J connectivity index is 2.72. The quantitative estimate of drug-likeness (QED) is 0.864. The van der Waals surface area contributed by atoms with Crippen LogP contribution in [0.2, 0.25) is 10.0 Å². The van der Waals surface area contributed by atoms with E-state index in [4.69, 9.17) is 23.2 Å². The molecule has 0 aliphatic heterocycles. The fraction of sp³-hybridized carbons (Fsp3) is 0.500. The fourth-order valence-electron chi connectivity index (χ4n) is 1.12. The summed E-state index contributed by atoms with van der Waals surface area (Å²) < 4.78 is 0. The van der Waals surface area contributed by atoms with Crippen molar-refractivity contribution in [3.63, 3.8) is 0 Å². The van der Waals surface area contributed by atoms with Gasteiger partial charge in [0.25, 0.3) is 0 Å². The molecule has 0 spiro atoms. The van der Waals surface area contributed by atoms with Gasteiger partial charge in [0.15, 0.2) is 0 Å². The van der Waals surface area contributed by atoms with Crippen molar-refractivity contribution in [1.29, 1.82) is 0 Å². The second-order valence-electron chi connectivity index (χ2n) is 4.47. The van der Waals surface area contributed by atoms with Crippen molar-refractivity contribution in [3.05, 3.63) is 28.2 Å². The van der Waals surface area contributed by atoms with Gasteiger partial charge in [-0.1, -0.05) is 43.1 Å². The predicted molar refractivity (Wildman–Crippen MR) is 70.4 cm³/mol. The maximum Gasteiger partial charge on any atom is 0.0823 e. The summed E-state index contributed by atoms with van der Waals surface area (Å²) in [6.07, 6.45) is 0. The van der Waals surface area contributed by atoms with Gasteiger partial charge in [-0.25, -0.2) is 0 Å². The van der Waals surface area contributed by atoms with Gasteiger partial charge in [-0.3, -0.25) is 0 Å². The Morgan fingerprint density at radius 3 is 2.56 bits per heavy atom. The zero-order valence-corrected chi connectivity index (χ0v) is 11.2. The van der Waals surface area contributed by atoms with Crippen molar-refractivity contribution in [2.45, 2.75) is 26.4 Å². The van der Waals surface area contributed by atoms with E-state index in [1.54, 1.807) is 13.0 Å². The maximum atomic E-state index is 10.1. The molecular formula is C12H17Cl2NO. The zero-order valence-electron chi connectivity index (χ0n) is 9.72. The molecule has 0 aliphatic carbocycles. The van der Waals surface area contributed by atoms with Crippen LogP contribution < -0.4 is 5.32 Å². The van der Waals surface area contributed by atoms with Crippen LogP contribution >= 0.6 is 23.2 Å². The van der Waals surface area contributed by atoms with Gasteiger partial charge in [-0.15, -0.1) is 0 Å². The predicted octanol–water partition coefficient (Wildman–Crippen LogP) is 3.81. The second-order valence-corrected chi connectivity index (χ2v) is 5.25. The number of hydrogen-bond donors (Lipinski definition) is 2. The highest BCUT2D eigenvalue weighted by atomic mass is 35.5. The van der Waals surface area contributed by atoms with E-state index >= 15 is 0 Å². The van der Waals surface area contributed by atoms with Crippen molar-refractivity contribution in [2.75, 3.05) is 11.9 Å². The second kappa shape index (κ2) is 5.26. The number of nitrogens with one attached hydrogen (secondary N) is 1. The van der Waals surface area contributed by atoms with Gasteiger partial charge < -0.3 is 10.4 Å². The summed E-state index contributed by atoms with van der Waals surface area (Å²) in [5, 5.41) is 14.2. The summed E-state index contributed by atoms with van der Waals surface area (Å²) in [5.74, 6) is 0.165. The summed E-state index contributed by atoms with van der Waals surface area (Å²) in [6.45, 7) is 6.18. The normalized spacial score (nSPS) is 14.9. The lowest BCUT2D eigenvalue weighted by molar-refractivity contribution is 0.0266. The Morgan fingerprint density at radius 2 is 2.00 bits per heavy atom. The molecule has 90 valence electrons. The standard InChI is InChI=1S/C12H17Cl2NO/c1-8(2)12(3,16)7-15-10-6-4-5-9(13)11(10)14/h4-6,8,15-16H,7H2,1-3H3. The number of benzene rings is 1. The highest BCUT2D eigenvalue weighted by molar-refractivity contribution is 6.43. The van der Waals surface area contributed by atoms with Crippen LogP contribution in [0.1, 0.15) is 20.8 Å². The third kappa shape index (κ3) is 3.27. The number of anilines is 1. The summed E-state index contributed by atoms with van der Waals surface area (Å²) in [7, 11) is 0. The molecule has 16 heavy (non-hydrogen) atoms. The lowest BCUT2D eigenvalue weighted by atomic mass is 9.92. The molecule has 1 rings (SSSR count). The molecule has 0 saturated heterocycles. The van der Waals surface area contributed by atoms with Gasteiger partial charge >= 0.3 is 0 Å². The Morgan fingerprint density at radius 1 is 1.38 bits per heavy atom. The Bertz CT molecular complexity index is 364. The maximum absolute atomic E-state index is 10.1. The molecule has 0 aliphatic rings. The molecule has 0 fully saturated rings. The first-order valence-electron chi connectivity index (χ1n) is 5.25. The average molecular weight is 262 g/mol. The molecule has 1 atom stereocenters. The largest absolute Gasteiger partial charge is 0.388 e. The van der Waals surface area contributed by atoms with Crippen LogP contribution in [0.5, 0.6) is 0 Å². The van der Waals surface area contributed by atoms with E-state index in [-0.39, 0.29) is 5.92 Å². The van der Waals surface area contributed by atoms with Crippen molar-refractivity contribution in [1.82, 2.24) is 0 Å². The molecule has 2 nitrogen and oxygen atoms in total. The van der Waals surface area contributed by atoms with E-state index in [1.165, 1.54) is 0 Å². The first-order chi connectivity index (χ1) is 7.34. The molecule has 0 radical (unpaired) electrons. The zero-order chi connectivity index (χ0) is 12.3. The summed E-state index contributed by atoms with van der Waals surface area (Å²) in [6, 6.07) is 5.39. The highest BCUT2D eigenvalue weighted by Gasteiger charge is 2.24. The fourth-order valence-corrected chi connectivity index (χ4v) is 1.49. The van der Waals surface area contributed by atoms with Crippen LogP contribution in [-0.2, 0) is 0 Å². The molecule has 0 amide bonds. The van der Waals surface area contributed by atoms with Gasteiger partial charge in [0, 0.05) is 6.54 Å². The molecule has 0 saturated carbocycles. The molecule has 2 N–H and O–H groups in total. The summed E-state index contributed by atoms with van der Waals surface area (Å²) >= 11 is 11.9. The van der Waals surface area contributed by atoms with E-state index in [9.17, 15) is 5.11 Å². The van der Waals surface area contributed by atoms with Gasteiger partial charge in [-0.05, 0) is 25.0 Å². The molecule has 4 heteroatoms. The molecule has 1 unspecified atom stereocenters. The number of aliphatic hydroxyl groups is 1. The first kappa shape index (κ1) is 13.6. The Hall–Kier alpha value is -0.440. The minimum atomic E-state index is -0.772. The van der Waals surface area contributed by atoms with Gasteiger partial charge in [0.2, 0.25) is 0 Å². The SMILES string of the molecule is CC(C)C(C)(O)CNc1cccc(Cl)c1Cl. The third-order valence-electron chi connectivity index (χ3n) is 2.83. The molecular weight excluding hydrogens is 245 g/mol. The summed E-state index contributed by atoms with van der Waals surface area (Å²) in [4.78, 5) is 0. The molecule has 1 aromatic carbocycles. The van der Waals surface area contributed by atoms with Crippen LogP contribution in [-0.4, -0.2) is 17.3 Å². The Kier molecular flexibility index (Phi) is 4.48. The van der Waals surface area contributed by atoms with Crippen molar-refractivity contribution in [2.24, 2.45) is 5.92 Å². The third-order valence-corrected chi connectivity index (χ3v) is 3.65. The lowest BCUT2D eigenvalue weighted by Crippen LogP contribution is -2.38. The van der Waals surface area contributed by atoms with Crippen LogP contribution in [0.25, 0.3) is 0 Å². The van der Waals surface area contributed by atoms with Crippen molar-refractivity contribution in [3.8, 4) is 0 Å². The molecule has 0 heterocycles. The molecule has 0 aromatic heterocycles. The number of rotatable bonds is 4. The average Bonchev–Trinajstić information content (AvgIpc) is 2.20. The molecule has 0 bridgehead atoms. The molecule has 1 aromatic rings. The summed E-state index contributed by atoms with van der Waals surface area (Å²) in [5.41, 5.74) is -0.0267. The highest BCUT2D eigenvalue weighted by Crippen LogP contribution is 2.30. The van der Waals surface area contributed by atoms with Gasteiger partial charge in [0.05, 0.1) is 21.3 Å². The van der Waals surface area contributed by atoms with Crippen molar-refractivity contribution >= 4 is 28.9 Å². The van der Waals surface area contributed by atoms with Gasteiger partial charge in [-0.2, -0.15) is 0 Å². The Labute approximate surface area is 107 Å². The van der Waals surface area contributed by atoms with Gasteiger partial charge in [0.1, 0.15) is 0 Å². The minimum Gasteiger partial charge on any atom is -0.388 e. The van der Waals surface area contributed by atoms with Crippen molar-refractivity contribution < 1.29 is 5.11 Å². The number of hydrogen-bond acceptors (Lipinski definition) is 2. The van der Waals surface area contributed by atoms with E-state index in [2.05, 4.69) is 5.32 Å². The van der Waals surface area contributed by atoms with E-state index in [1.807, 2.05) is 26.0 Å². The first-order valence-corrected chi connectivity index (χ1v) is 6.00. The monoisotopic (exact) mass is 261 g/mol. The van der Waals surface area contributed by atoms with E-state index in [0.717, 1.165) is 5.69 Å². The topological polar surface area (TPSA) is 32.3 Å². The number of halogens is 2. The van der Waals surface area contributed by atoms with Crippen LogP contribution in [0.15, 0.2) is 18.2 Å². The lowest BCUT2D eigenvalue weighted by Gasteiger charge is -2.28. The smallest absolute Gasteiger partial charge is 0.0823 e. The van der Waals surface area contributed by atoms with E-state index in [0.29, 0.717) is 16.6 Å². The van der Waals surface area contributed by atoms with E-state index < -0.39 is 5.60 Å².